The average molecular weight is 430 g/mol. The van der Waals surface area contributed by atoms with Crippen molar-refractivity contribution in [2.75, 3.05) is 7.11 Å². The molecule has 0 amide bonds. The second kappa shape index (κ2) is 7.75. The Balaban J connectivity index is 1.81. The minimum atomic E-state index is -4.13. The molecule has 30 heavy (non-hydrogen) atoms. The Bertz CT molecular complexity index is 1320. The van der Waals surface area contributed by atoms with Gasteiger partial charge in [-0.05, 0) is 48.5 Å². The van der Waals surface area contributed by atoms with Crippen molar-refractivity contribution >= 4 is 20.9 Å². The minimum Gasteiger partial charge on any atom is -0.497 e. The molecule has 0 aliphatic rings. The second-order valence-electron chi connectivity index (χ2n) is 6.37. The third-order valence-corrected chi connectivity index (χ3v) is 6.08. The summed E-state index contributed by atoms with van der Waals surface area (Å²) in [6.45, 7) is -0.146. The first-order chi connectivity index (χ1) is 14.4. The van der Waals surface area contributed by atoms with Crippen molar-refractivity contribution in [2.45, 2.75) is 11.5 Å². The summed E-state index contributed by atoms with van der Waals surface area (Å²) in [5.74, 6) is -0.537. The molecule has 0 aliphatic heterocycles. The highest BCUT2D eigenvalue weighted by molar-refractivity contribution is 7.90. The van der Waals surface area contributed by atoms with Gasteiger partial charge in [-0.2, -0.15) is 8.42 Å². The Labute approximate surface area is 171 Å². The third-order valence-electron chi connectivity index (χ3n) is 4.48. The fourth-order valence-electron chi connectivity index (χ4n) is 2.93. The van der Waals surface area contributed by atoms with Crippen LogP contribution in [0.1, 0.15) is 5.56 Å². The lowest BCUT2D eigenvalue weighted by atomic mass is 10.2. The molecule has 154 valence electrons. The number of benzene rings is 3. The van der Waals surface area contributed by atoms with E-state index < -0.39 is 21.7 Å². The number of hydrogen-bond donors (Lipinski definition) is 0. The summed E-state index contributed by atoms with van der Waals surface area (Å²) in [7, 11) is -2.66. The number of aromatic nitrogens is 2. The Morgan fingerprint density at radius 2 is 1.73 bits per heavy atom. The van der Waals surface area contributed by atoms with Gasteiger partial charge in [0.25, 0.3) is 10.0 Å². The first-order valence-electron chi connectivity index (χ1n) is 8.84. The van der Waals surface area contributed by atoms with Gasteiger partial charge in [0, 0.05) is 5.56 Å². The van der Waals surface area contributed by atoms with Crippen LogP contribution in [0.4, 0.5) is 8.78 Å². The molecule has 0 unspecified atom stereocenters. The minimum absolute atomic E-state index is 0.00200. The molecule has 1 heterocycles. The van der Waals surface area contributed by atoms with Gasteiger partial charge in [-0.15, -0.1) is 9.19 Å². The number of fused-ring (bicyclic) bond motifs is 1. The maximum atomic E-state index is 13.9. The molecule has 0 aliphatic carbocycles. The Morgan fingerprint density at radius 1 is 1.00 bits per heavy atom. The smallest absolute Gasteiger partial charge is 0.283 e. The van der Waals surface area contributed by atoms with E-state index in [4.69, 9.17) is 9.47 Å². The molecule has 0 saturated carbocycles. The van der Waals surface area contributed by atoms with Crippen LogP contribution in [0.25, 0.3) is 10.9 Å². The van der Waals surface area contributed by atoms with E-state index in [1.54, 1.807) is 30.3 Å². The molecule has 0 atom stereocenters. The van der Waals surface area contributed by atoms with E-state index in [1.165, 1.54) is 19.2 Å². The predicted molar refractivity (Wildman–Crippen MR) is 106 cm³/mol. The summed E-state index contributed by atoms with van der Waals surface area (Å²) in [5.41, 5.74) is 0.535. The van der Waals surface area contributed by atoms with E-state index in [9.17, 15) is 17.2 Å². The normalized spacial score (nSPS) is 11.6. The van der Waals surface area contributed by atoms with Crippen LogP contribution in [0.5, 0.6) is 11.6 Å². The van der Waals surface area contributed by atoms with Gasteiger partial charge in [0.15, 0.2) is 0 Å². The molecule has 0 spiro atoms. The van der Waals surface area contributed by atoms with Crippen LogP contribution in [-0.2, 0) is 16.6 Å². The van der Waals surface area contributed by atoms with Gasteiger partial charge < -0.3 is 9.47 Å². The van der Waals surface area contributed by atoms with Crippen molar-refractivity contribution in [1.29, 1.82) is 0 Å². The summed E-state index contributed by atoms with van der Waals surface area (Å²) < 4.78 is 65.0. The zero-order chi connectivity index (χ0) is 21.3. The molecule has 3 aromatic carbocycles. The zero-order valence-electron chi connectivity index (χ0n) is 15.7. The molecule has 1 aromatic heterocycles. The van der Waals surface area contributed by atoms with Crippen LogP contribution in [0, 0.1) is 11.6 Å². The lowest BCUT2D eigenvalue weighted by Crippen LogP contribution is -2.14. The lowest BCUT2D eigenvalue weighted by molar-refractivity contribution is 0.290. The molecule has 0 saturated heterocycles. The fourth-order valence-corrected chi connectivity index (χ4v) is 4.21. The highest BCUT2D eigenvalue weighted by Crippen LogP contribution is 2.32. The van der Waals surface area contributed by atoms with Gasteiger partial charge in [0.2, 0.25) is 5.88 Å². The SMILES string of the molecule is COc1ccc2c(c1)c(OCc1ccccc1F)nn2S(=O)(=O)c1ccc(F)cc1. The second-order valence-corrected chi connectivity index (χ2v) is 8.14. The van der Waals surface area contributed by atoms with E-state index in [2.05, 4.69) is 5.10 Å². The molecule has 0 bridgehead atoms. The Kier molecular flexibility index (Phi) is 5.13. The largest absolute Gasteiger partial charge is 0.497 e. The van der Waals surface area contributed by atoms with Crippen LogP contribution >= 0.6 is 0 Å². The fraction of sp³-hybridized carbons (Fsp3) is 0.0952. The molecule has 6 nitrogen and oxygen atoms in total. The molecule has 9 heteroatoms. The highest BCUT2D eigenvalue weighted by Gasteiger charge is 2.24. The van der Waals surface area contributed by atoms with Crippen molar-refractivity contribution in [2.24, 2.45) is 0 Å². The van der Waals surface area contributed by atoms with Gasteiger partial charge in [-0.25, -0.2) is 8.78 Å². The summed E-state index contributed by atoms with van der Waals surface area (Å²) in [6.07, 6.45) is 0. The standard InChI is InChI=1S/C21H16F2N2O4S/c1-28-16-8-11-20-18(12-16)21(29-13-14-4-2-3-5-19(14)23)24-25(20)30(26,27)17-9-6-15(22)7-10-17/h2-12H,13H2,1H3. The summed E-state index contributed by atoms with van der Waals surface area (Å²) in [6, 6.07) is 15.2. The highest BCUT2D eigenvalue weighted by atomic mass is 32.2. The molecule has 0 N–H and O–H groups in total. The topological polar surface area (TPSA) is 70.4 Å². The number of methoxy groups -OCH3 is 1. The van der Waals surface area contributed by atoms with Crippen molar-refractivity contribution in [1.82, 2.24) is 9.19 Å². The van der Waals surface area contributed by atoms with Crippen LogP contribution < -0.4 is 9.47 Å². The lowest BCUT2D eigenvalue weighted by Gasteiger charge is -2.06. The number of halogens is 2. The Morgan fingerprint density at radius 3 is 2.43 bits per heavy atom. The molecule has 4 rings (SSSR count). The van der Waals surface area contributed by atoms with Crippen LogP contribution in [0.15, 0.2) is 71.6 Å². The zero-order valence-corrected chi connectivity index (χ0v) is 16.6. The van der Waals surface area contributed by atoms with E-state index in [0.29, 0.717) is 16.7 Å². The van der Waals surface area contributed by atoms with Gasteiger partial charge in [-0.3, -0.25) is 0 Å². The number of rotatable bonds is 6. The molecular weight excluding hydrogens is 414 g/mol. The van der Waals surface area contributed by atoms with Crippen LogP contribution in [-0.4, -0.2) is 24.7 Å². The average Bonchev–Trinajstić information content (AvgIpc) is 3.12. The van der Waals surface area contributed by atoms with Crippen molar-refractivity contribution in [3.8, 4) is 11.6 Å². The van der Waals surface area contributed by atoms with Crippen molar-refractivity contribution < 1.29 is 26.7 Å². The predicted octanol–water partition coefficient (Wildman–Crippen LogP) is 4.14. The number of hydrogen-bond acceptors (Lipinski definition) is 5. The van der Waals surface area contributed by atoms with Crippen molar-refractivity contribution in [3.63, 3.8) is 0 Å². The van der Waals surface area contributed by atoms with E-state index in [1.807, 2.05) is 0 Å². The first-order valence-corrected chi connectivity index (χ1v) is 10.3. The summed E-state index contributed by atoms with van der Waals surface area (Å²) in [5, 5.41) is 4.49. The molecule has 0 radical (unpaired) electrons. The summed E-state index contributed by atoms with van der Waals surface area (Å²) >= 11 is 0. The molecule has 0 fully saturated rings. The monoisotopic (exact) mass is 430 g/mol. The van der Waals surface area contributed by atoms with E-state index in [-0.39, 0.29) is 22.9 Å². The van der Waals surface area contributed by atoms with Gasteiger partial charge >= 0.3 is 0 Å². The van der Waals surface area contributed by atoms with Gasteiger partial charge in [-0.1, -0.05) is 18.2 Å². The quantitative estimate of drug-likeness (QED) is 0.460. The summed E-state index contributed by atoms with van der Waals surface area (Å²) in [4.78, 5) is -0.134. The number of nitrogens with zero attached hydrogens (tertiary/aromatic N) is 2. The first kappa shape index (κ1) is 19.8. The van der Waals surface area contributed by atoms with Crippen LogP contribution in [0.2, 0.25) is 0 Å². The maximum Gasteiger partial charge on any atom is 0.283 e. The molecular formula is C21H16F2N2O4S. The number of ether oxygens (including phenoxy) is 2. The van der Waals surface area contributed by atoms with Crippen molar-refractivity contribution in [3.05, 3.63) is 83.9 Å². The maximum absolute atomic E-state index is 13.9. The van der Waals surface area contributed by atoms with Gasteiger partial charge in [0.1, 0.15) is 24.0 Å². The van der Waals surface area contributed by atoms with Crippen LogP contribution in [0.3, 0.4) is 0 Å². The molecule has 4 aromatic rings. The van der Waals surface area contributed by atoms with E-state index >= 15 is 0 Å². The van der Waals surface area contributed by atoms with E-state index in [0.717, 1.165) is 28.4 Å². The van der Waals surface area contributed by atoms with Gasteiger partial charge in [0.05, 0.1) is 22.9 Å². The Hall–Kier alpha value is -3.46. The third kappa shape index (κ3) is 3.59.